The van der Waals surface area contributed by atoms with Gasteiger partial charge in [-0.1, -0.05) is 24.3 Å². The third kappa shape index (κ3) is 4.59. The molecule has 180 valence electrons. The number of aromatic nitrogens is 7. The molecule has 0 fully saturated rings. The van der Waals surface area contributed by atoms with Crippen LogP contribution in [0.1, 0.15) is 11.4 Å². The zero-order chi connectivity index (χ0) is 25.1. The van der Waals surface area contributed by atoms with Crippen molar-refractivity contribution in [2.45, 2.75) is 11.3 Å². The van der Waals surface area contributed by atoms with E-state index in [9.17, 15) is 13.2 Å². The first-order valence-corrected chi connectivity index (χ1v) is 12.6. The van der Waals surface area contributed by atoms with E-state index >= 15 is 0 Å². The summed E-state index contributed by atoms with van der Waals surface area (Å²) in [6.07, 6.45) is 7.07. The minimum Gasteiger partial charge on any atom is -0.292 e. The number of hydrogen-bond acceptors (Lipinski definition) is 9. The molecule has 13 heteroatoms. The van der Waals surface area contributed by atoms with E-state index < -0.39 is 15.4 Å². The SMILES string of the molecule is CS(=O)(=O)c1cnn(-c2ncccn2)c1N=Nc1c(Cc2ccccn2)[nH]n(-c2ccccc2)c1=O. The fraction of sp³-hybridized carbons (Fsp3) is 0.0870. The number of nitrogens with zero attached hydrogens (tertiary/aromatic N) is 8. The van der Waals surface area contributed by atoms with Crippen LogP contribution in [0.5, 0.6) is 0 Å². The number of sulfone groups is 1. The van der Waals surface area contributed by atoms with Crippen molar-refractivity contribution in [1.82, 2.24) is 34.5 Å². The van der Waals surface area contributed by atoms with Crippen molar-refractivity contribution in [3.63, 3.8) is 0 Å². The van der Waals surface area contributed by atoms with Crippen LogP contribution in [0.2, 0.25) is 0 Å². The number of aromatic amines is 1. The first kappa shape index (κ1) is 23.0. The Labute approximate surface area is 204 Å². The molecule has 0 aliphatic carbocycles. The van der Waals surface area contributed by atoms with Crippen LogP contribution in [0.25, 0.3) is 11.6 Å². The van der Waals surface area contributed by atoms with Gasteiger partial charge in [-0.2, -0.15) is 9.78 Å². The van der Waals surface area contributed by atoms with Gasteiger partial charge in [0.1, 0.15) is 4.90 Å². The molecule has 0 radical (unpaired) electrons. The molecule has 0 aliphatic heterocycles. The zero-order valence-corrected chi connectivity index (χ0v) is 19.7. The molecular formula is C23H19N9O3S. The van der Waals surface area contributed by atoms with Crippen molar-refractivity contribution in [2.24, 2.45) is 10.2 Å². The second kappa shape index (κ2) is 9.46. The van der Waals surface area contributed by atoms with E-state index in [0.717, 1.165) is 17.1 Å². The Bertz CT molecular complexity index is 1690. The Morgan fingerprint density at radius 3 is 2.33 bits per heavy atom. The van der Waals surface area contributed by atoms with Crippen LogP contribution in [-0.2, 0) is 16.3 Å². The van der Waals surface area contributed by atoms with Crippen molar-refractivity contribution in [3.05, 3.63) is 101 Å². The summed E-state index contributed by atoms with van der Waals surface area (Å²) < 4.78 is 27.3. The molecule has 5 aromatic rings. The lowest BCUT2D eigenvalue weighted by molar-refractivity contribution is 0.602. The van der Waals surface area contributed by atoms with Crippen LogP contribution in [-0.4, -0.2) is 49.2 Å². The highest BCUT2D eigenvalue weighted by Gasteiger charge is 2.23. The van der Waals surface area contributed by atoms with Gasteiger partial charge < -0.3 is 0 Å². The van der Waals surface area contributed by atoms with E-state index in [2.05, 4.69) is 35.4 Å². The van der Waals surface area contributed by atoms with E-state index in [1.54, 1.807) is 42.6 Å². The number of rotatable bonds is 7. The summed E-state index contributed by atoms with van der Waals surface area (Å²) in [7, 11) is -3.73. The van der Waals surface area contributed by atoms with Gasteiger partial charge in [0.2, 0.25) is 0 Å². The monoisotopic (exact) mass is 501 g/mol. The van der Waals surface area contributed by atoms with E-state index in [-0.39, 0.29) is 28.8 Å². The molecule has 0 saturated heterocycles. The number of hydrogen-bond donors (Lipinski definition) is 1. The van der Waals surface area contributed by atoms with Crippen LogP contribution in [0.4, 0.5) is 11.5 Å². The Kier molecular flexibility index (Phi) is 6.04. The molecule has 1 N–H and O–H groups in total. The van der Waals surface area contributed by atoms with Gasteiger partial charge in [0, 0.05) is 37.0 Å². The fourth-order valence-corrected chi connectivity index (χ4v) is 4.16. The number of H-pyrrole nitrogens is 1. The smallest absolute Gasteiger partial charge is 0.292 e. The summed E-state index contributed by atoms with van der Waals surface area (Å²) in [5, 5.41) is 15.5. The van der Waals surface area contributed by atoms with Crippen LogP contribution >= 0.6 is 0 Å². The number of benzene rings is 1. The normalized spacial score (nSPS) is 11.8. The van der Waals surface area contributed by atoms with Crippen molar-refractivity contribution in [1.29, 1.82) is 0 Å². The van der Waals surface area contributed by atoms with Crippen molar-refractivity contribution >= 4 is 21.3 Å². The maximum absolute atomic E-state index is 13.4. The lowest BCUT2D eigenvalue weighted by atomic mass is 10.2. The highest BCUT2D eigenvalue weighted by atomic mass is 32.2. The Morgan fingerprint density at radius 1 is 0.917 bits per heavy atom. The van der Waals surface area contributed by atoms with Gasteiger partial charge >= 0.3 is 0 Å². The highest BCUT2D eigenvalue weighted by Crippen LogP contribution is 2.28. The lowest BCUT2D eigenvalue weighted by Crippen LogP contribution is -2.13. The lowest BCUT2D eigenvalue weighted by Gasteiger charge is -2.02. The fourth-order valence-electron chi connectivity index (χ4n) is 3.47. The minimum absolute atomic E-state index is 0.00527. The molecule has 0 aliphatic rings. The topological polar surface area (TPSA) is 153 Å². The molecule has 0 bridgehead atoms. The molecule has 4 heterocycles. The second-order valence-corrected chi connectivity index (χ2v) is 9.66. The van der Waals surface area contributed by atoms with E-state index in [1.807, 2.05) is 18.2 Å². The third-order valence-electron chi connectivity index (χ3n) is 5.13. The Balaban J connectivity index is 1.66. The number of azo groups is 1. The zero-order valence-electron chi connectivity index (χ0n) is 18.9. The van der Waals surface area contributed by atoms with Gasteiger partial charge in [0.05, 0.1) is 17.6 Å². The summed E-state index contributed by atoms with van der Waals surface area (Å²) in [5.41, 5.74) is 1.31. The standard InChI is InChI=1S/C23H19N9O3S/c1-36(34,35)19-15-27-32(23-25-12-7-13-26-23)21(19)29-28-20-18(14-16-8-5-6-11-24-16)30-31(22(20)33)17-9-3-2-4-10-17/h2-13,15,30H,14H2,1H3. The van der Waals surface area contributed by atoms with Gasteiger partial charge in [-0.05, 0) is 30.3 Å². The molecule has 0 spiro atoms. The second-order valence-electron chi connectivity index (χ2n) is 7.68. The van der Waals surface area contributed by atoms with Crippen LogP contribution in [0.15, 0.2) is 99.3 Å². The molecule has 0 amide bonds. The van der Waals surface area contributed by atoms with Gasteiger partial charge in [-0.25, -0.2) is 23.1 Å². The summed E-state index contributed by atoms with van der Waals surface area (Å²) in [5.74, 6) is -0.0230. The van der Waals surface area contributed by atoms with Crippen LogP contribution in [0.3, 0.4) is 0 Å². The molecule has 0 unspecified atom stereocenters. The predicted molar refractivity (Wildman–Crippen MR) is 130 cm³/mol. The average molecular weight is 502 g/mol. The van der Waals surface area contributed by atoms with Crippen molar-refractivity contribution in [2.75, 3.05) is 6.26 Å². The largest absolute Gasteiger partial charge is 0.299 e. The van der Waals surface area contributed by atoms with Crippen LogP contribution in [0, 0.1) is 0 Å². The molecule has 0 saturated carbocycles. The van der Waals surface area contributed by atoms with Crippen molar-refractivity contribution in [3.8, 4) is 11.6 Å². The number of nitrogens with one attached hydrogen (secondary N) is 1. The van der Waals surface area contributed by atoms with Gasteiger partial charge in [-0.15, -0.1) is 10.2 Å². The predicted octanol–water partition coefficient (Wildman–Crippen LogP) is 2.95. The van der Waals surface area contributed by atoms with E-state index in [4.69, 9.17) is 0 Å². The minimum atomic E-state index is -3.73. The van der Waals surface area contributed by atoms with E-state index in [0.29, 0.717) is 17.1 Å². The van der Waals surface area contributed by atoms with Crippen LogP contribution < -0.4 is 5.56 Å². The first-order chi connectivity index (χ1) is 17.4. The molecule has 0 atom stereocenters. The summed E-state index contributed by atoms with van der Waals surface area (Å²) in [4.78, 5) is 25.7. The van der Waals surface area contributed by atoms with Gasteiger partial charge in [0.25, 0.3) is 11.5 Å². The maximum Gasteiger partial charge on any atom is 0.299 e. The van der Waals surface area contributed by atoms with E-state index in [1.165, 1.54) is 17.1 Å². The molecular weight excluding hydrogens is 482 g/mol. The quantitative estimate of drug-likeness (QED) is 0.336. The Hall–Kier alpha value is -4.78. The highest BCUT2D eigenvalue weighted by molar-refractivity contribution is 7.90. The number of para-hydroxylation sites is 1. The van der Waals surface area contributed by atoms with Crippen molar-refractivity contribution < 1.29 is 8.42 Å². The Morgan fingerprint density at radius 2 is 1.64 bits per heavy atom. The maximum atomic E-state index is 13.4. The summed E-state index contributed by atoms with van der Waals surface area (Å²) >= 11 is 0. The summed E-state index contributed by atoms with van der Waals surface area (Å²) in [6.45, 7) is 0. The third-order valence-corrected chi connectivity index (χ3v) is 6.22. The average Bonchev–Trinajstić information content (AvgIpc) is 3.45. The number of pyridine rings is 1. The molecule has 36 heavy (non-hydrogen) atoms. The van der Waals surface area contributed by atoms with Gasteiger partial charge in [0.15, 0.2) is 21.3 Å². The summed E-state index contributed by atoms with van der Waals surface area (Å²) in [6, 6.07) is 16.1. The first-order valence-electron chi connectivity index (χ1n) is 10.7. The molecule has 12 nitrogen and oxygen atoms in total. The van der Waals surface area contributed by atoms with Gasteiger partial charge in [-0.3, -0.25) is 14.9 Å². The molecule has 5 rings (SSSR count). The molecule has 4 aromatic heterocycles. The molecule has 1 aromatic carbocycles.